The number of nitrogens with two attached hydrogens (primary N) is 1. The number of benzene rings is 1. The molecule has 152 valence electrons. The quantitative estimate of drug-likeness (QED) is 0.750. The number of aromatic nitrogens is 2. The lowest BCUT2D eigenvalue weighted by Crippen LogP contribution is -2.53. The van der Waals surface area contributed by atoms with Gasteiger partial charge in [-0.2, -0.15) is 4.98 Å². The summed E-state index contributed by atoms with van der Waals surface area (Å²) in [5, 5.41) is 4.09. The predicted octanol–water partition coefficient (Wildman–Crippen LogP) is 2.25. The SMILES string of the molecule is CCCC(N)C(=O)N1CCN(CCCc2nc(-c3ccc(C)cc3)no2)CC1. The first-order valence-electron chi connectivity index (χ1n) is 10.2. The van der Waals surface area contributed by atoms with Crippen LogP contribution < -0.4 is 5.73 Å². The molecular weight excluding hydrogens is 354 g/mol. The minimum absolute atomic E-state index is 0.0935. The van der Waals surface area contributed by atoms with Crippen molar-refractivity contribution in [1.82, 2.24) is 19.9 Å². The molecule has 1 aromatic carbocycles. The number of piperazine rings is 1. The van der Waals surface area contributed by atoms with Crippen molar-refractivity contribution < 1.29 is 9.32 Å². The van der Waals surface area contributed by atoms with Crippen LogP contribution in [0.25, 0.3) is 11.4 Å². The summed E-state index contributed by atoms with van der Waals surface area (Å²) in [6, 6.07) is 7.76. The minimum atomic E-state index is -0.350. The number of nitrogens with zero attached hydrogens (tertiary/aromatic N) is 4. The second-order valence-corrected chi connectivity index (χ2v) is 7.54. The summed E-state index contributed by atoms with van der Waals surface area (Å²) < 4.78 is 5.39. The Hall–Kier alpha value is -2.25. The van der Waals surface area contributed by atoms with Crippen LogP contribution in [-0.4, -0.2) is 64.6 Å². The molecule has 1 atom stereocenters. The number of aryl methyl sites for hydroxylation is 2. The lowest BCUT2D eigenvalue weighted by atomic mass is 10.1. The highest BCUT2D eigenvalue weighted by molar-refractivity contribution is 5.81. The Morgan fingerprint density at radius 2 is 1.93 bits per heavy atom. The number of amides is 1. The van der Waals surface area contributed by atoms with E-state index in [4.69, 9.17) is 10.3 Å². The fourth-order valence-corrected chi connectivity index (χ4v) is 3.49. The van der Waals surface area contributed by atoms with Gasteiger partial charge in [0.1, 0.15) is 0 Å². The Labute approximate surface area is 166 Å². The van der Waals surface area contributed by atoms with Crippen LogP contribution in [0, 0.1) is 6.92 Å². The topological polar surface area (TPSA) is 88.5 Å². The Balaban J connectivity index is 1.39. The molecule has 3 rings (SSSR count). The van der Waals surface area contributed by atoms with Crippen molar-refractivity contribution in [2.45, 2.75) is 45.6 Å². The van der Waals surface area contributed by atoms with E-state index < -0.39 is 0 Å². The summed E-state index contributed by atoms with van der Waals surface area (Å²) in [6.07, 6.45) is 3.42. The molecule has 7 heteroatoms. The third-order valence-corrected chi connectivity index (χ3v) is 5.24. The molecule has 0 spiro atoms. The van der Waals surface area contributed by atoms with Gasteiger partial charge >= 0.3 is 0 Å². The molecule has 28 heavy (non-hydrogen) atoms. The Kier molecular flexibility index (Phi) is 7.17. The standard InChI is InChI=1S/C21H31N5O2/c1-3-5-18(22)21(27)26-14-12-25(13-15-26)11-4-6-19-23-20(24-28-19)17-9-7-16(2)8-10-17/h7-10,18H,3-6,11-15,22H2,1-2H3. The Morgan fingerprint density at radius 3 is 2.61 bits per heavy atom. The van der Waals surface area contributed by atoms with E-state index in [0.717, 1.165) is 64.0 Å². The lowest BCUT2D eigenvalue weighted by Gasteiger charge is -2.35. The third kappa shape index (κ3) is 5.39. The van der Waals surface area contributed by atoms with Crippen molar-refractivity contribution in [3.63, 3.8) is 0 Å². The van der Waals surface area contributed by atoms with Crippen molar-refractivity contribution in [3.8, 4) is 11.4 Å². The largest absolute Gasteiger partial charge is 0.339 e. The van der Waals surface area contributed by atoms with Crippen molar-refractivity contribution in [2.24, 2.45) is 5.73 Å². The third-order valence-electron chi connectivity index (χ3n) is 5.24. The maximum atomic E-state index is 12.3. The molecule has 1 amide bonds. The molecule has 1 unspecified atom stereocenters. The van der Waals surface area contributed by atoms with Crippen LogP contribution in [0.3, 0.4) is 0 Å². The molecule has 0 aliphatic carbocycles. The molecule has 2 heterocycles. The molecule has 1 saturated heterocycles. The molecule has 0 radical (unpaired) electrons. The normalized spacial score (nSPS) is 16.3. The molecule has 7 nitrogen and oxygen atoms in total. The molecule has 2 N–H and O–H groups in total. The smallest absolute Gasteiger partial charge is 0.239 e. The number of carbonyl (C=O) groups is 1. The van der Waals surface area contributed by atoms with E-state index in [0.29, 0.717) is 11.7 Å². The minimum Gasteiger partial charge on any atom is -0.339 e. The van der Waals surface area contributed by atoms with Gasteiger partial charge in [0.15, 0.2) is 0 Å². The molecule has 1 aliphatic rings. The van der Waals surface area contributed by atoms with Gasteiger partial charge in [-0.1, -0.05) is 48.3 Å². The van der Waals surface area contributed by atoms with Crippen LogP contribution >= 0.6 is 0 Å². The number of hydrogen-bond acceptors (Lipinski definition) is 6. The summed E-state index contributed by atoms with van der Waals surface area (Å²) >= 11 is 0. The van der Waals surface area contributed by atoms with Gasteiger partial charge in [0.05, 0.1) is 6.04 Å². The van der Waals surface area contributed by atoms with Gasteiger partial charge in [-0.05, 0) is 26.3 Å². The maximum absolute atomic E-state index is 12.3. The van der Waals surface area contributed by atoms with Gasteiger partial charge in [0, 0.05) is 38.2 Å². The lowest BCUT2D eigenvalue weighted by molar-refractivity contribution is -0.134. The molecule has 1 fully saturated rings. The molecular formula is C21H31N5O2. The van der Waals surface area contributed by atoms with Gasteiger partial charge in [-0.3, -0.25) is 9.69 Å². The zero-order chi connectivity index (χ0) is 19.9. The summed E-state index contributed by atoms with van der Waals surface area (Å²) in [4.78, 5) is 21.1. The molecule has 1 aliphatic heterocycles. The Morgan fingerprint density at radius 1 is 1.21 bits per heavy atom. The number of rotatable bonds is 8. The van der Waals surface area contributed by atoms with Gasteiger partial charge in [-0.15, -0.1) is 0 Å². The van der Waals surface area contributed by atoms with E-state index in [9.17, 15) is 4.79 Å². The van der Waals surface area contributed by atoms with Gasteiger partial charge < -0.3 is 15.2 Å². The summed E-state index contributed by atoms with van der Waals surface area (Å²) in [5.74, 6) is 1.41. The maximum Gasteiger partial charge on any atom is 0.239 e. The average Bonchev–Trinajstić information content (AvgIpc) is 3.17. The zero-order valence-corrected chi connectivity index (χ0v) is 16.9. The van der Waals surface area contributed by atoms with Crippen LogP contribution in [0.4, 0.5) is 0 Å². The van der Waals surface area contributed by atoms with E-state index in [2.05, 4.69) is 28.9 Å². The van der Waals surface area contributed by atoms with Crippen LogP contribution in [0.5, 0.6) is 0 Å². The van der Waals surface area contributed by atoms with E-state index in [1.54, 1.807) is 0 Å². The highest BCUT2D eigenvalue weighted by Gasteiger charge is 2.24. The fourth-order valence-electron chi connectivity index (χ4n) is 3.49. The van der Waals surface area contributed by atoms with Crippen LogP contribution in [-0.2, 0) is 11.2 Å². The van der Waals surface area contributed by atoms with E-state index in [1.165, 1.54) is 5.56 Å². The van der Waals surface area contributed by atoms with Gasteiger partial charge in [0.25, 0.3) is 0 Å². The highest BCUT2D eigenvalue weighted by atomic mass is 16.5. The first-order chi connectivity index (χ1) is 13.6. The first kappa shape index (κ1) is 20.5. The van der Waals surface area contributed by atoms with Crippen molar-refractivity contribution in [3.05, 3.63) is 35.7 Å². The molecule has 1 aromatic heterocycles. The summed E-state index contributed by atoms with van der Waals surface area (Å²) in [7, 11) is 0. The van der Waals surface area contributed by atoms with Crippen LogP contribution in [0.2, 0.25) is 0 Å². The zero-order valence-electron chi connectivity index (χ0n) is 16.9. The van der Waals surface area contributed by atoms with Gasteiger partial charge in [-0.25, -0.2) is 0 Å². The van der Waals surface area contributed by atoms with E-state index >= 15 is 0 Å². The van der Waals surface area contributed by atoms with Crippen molar-refractivity contribution in [2.75, 3.05) is 32.7 Å². The second-order valence-electron chi connectivity index (χ2n) is 7.54. The predicted molar refractivity (Wildman–Crippen MR) is 109 cm³/mol. The monoisotopic (exact) mass is 385 g/mol. The number of hydrogen-bond donors (Lipinski definition) is 1. The van der Waals surface area contributed by atoms with Crippen molar-refractivity contribution >= 4 is 5.91 Å². The first-order valence-corrected chi connectivity index (χ1v) is 10.2. The van der Waals surface area contributed by atoms with Crippen LogP contribution in [0.15, 0.2) is 28.8 Å². The number of carbonyl (C=O) groups excluding carboxylic acids is 1. The summed E-state index contributed by atoms with van der Waals surface area (Å²) in [5.41, 5.74) is 8.15. The van der Waals surface area contributed by atoms with Crippen LogP contribution in [0.1, 0.15) is 37.6 Å². The van der Waals surface area contributed by atoms with Crippen molar-refractivity contribution in [1.29, 1.82) is 0 Å². The Bertz CT molecular complexity index is 750. The highest BCUT2D eigenvalue weighted by Crippen LogP contribution is 2.17. The van der Waals surface area contributed by atoms with Gasteiger partial charge in [0.2, 0.25) is 17.6 Å². The molecule has 0 bridgehead atoms. The summed E-state index contributed by atoms with van der Waals surface area (Å²) in [6.45, 7) is 8.37. The molecule has 0 saturated carbocycles. The second kappa shape index (κ2) is 9.80. The fraction of sp³-hybridized carbons (Fsp3) is 0.571. The van der Waals surface area contributed by atoms with E-state index in [1.807, 2.05) is 29.2 Å². The molecule has 2 aromatic rings. The average molecular weight is 386 g/mol. The van der Waals surface area contributed by atoms with E-state index in [-0.39, 0.29) is 11.9 Å².